The Hall–Kier alpha value is -1.58. The zero-order valence-corrected chi connectivity index (χ0v) is 14.0. The van der Waals surface area contributed by atoms with Gasteiger partial charge in [0, 0.05) is 21.3 Å². The Morgan fingerprint density at radius 1 is 1.29 bits per heavy atom. The van der Waals surface area contributed by atoms with E-state index in [0.717, 1.165) is 27.0 Å². The Balaban J connectivity index is 2.28. The van der Waals surface area contributed by atoms with Crippen molar-refractivity contribution < 1.29 is 4.74 Å². The molecule has 0 unspecified atom stereocenters. The van der Waals surface area contributed by atoms with Crippen LogP contribution in [0.25, 0.3) is 0 Å². The second-order valence-electron chi connectivity index (χ2n) is 4.47. The lowest BCUT2D eigenvalue weighted by Crippen LogP contribution is -1.96. The molecule has 0 saturated heterocycles. The van der Waals surface area contributed by atoms with Crippen LogP contribution in [0.3, 0.4) is 0 Å². The fraction of sp³-hybridized carbons (Fsp3) is 0.118. The van der Waals surface area contributed by atoms with Crippen molar-refractivity contribution in [3.05, 3.63) is 69.7 Å². The molecular formula is C17H15BrClNO. The number of aliphatic imine (C=N–C) groups is 1. The lowest BCUT2D eigenvalue weighted by Gasteiger charge is -2.07. The van der Waals surface area contributed by atoms with Crippen LogP contribution in [0.5, 0.6) is 5.75 Å². The van der Waals surface area contributed by atoms with Crippen molar-refractivity contribution in [1.29, 1.82) is 0 Å². The third kappa shape index (κ3) is 4.45. The van der Waals surface area contributed by atoms with Crippen LogP contribution < -0.4 is 4.74 Å². The van der Waals surface area contributed by atoms with E-state index in [-0.39, 0.29) is 0 Å². The highest BCUT2D eigenvalue weighted by atomic mass is 79.9. The molecule has 108 valence electrons. The summed E-state index contributed by atoms with van der Waals surface area (Å²) in [5.41, 5.74) is 2.73. The van der Waals surface area contributed by atoms with Crippen LogP contribution in [-0.4, -0.2) is 12.8 Å². The van der Waals surface area contributed by atoms with Crippen molar-refractivity contribution in [2.45, 2.75) is 6.92 Å². The molecule has 0 heterocycles. The SMILES string of the molecule is C=CCOc1ccc(Br)cc1C=Nc1ccc(C)c(Cl)c1. The van der Waals surface area contributed by atoms with Crippen LogP contribution in [0.4, 0.5) is 5.69 Å². The van der Waals surface area contributed by atoms with Crippen molar-refractivity contribution in [2.24, 2.45) is 4.99 Å². The van der Waals surface area contributed by atoms with Gasteiger partial charge in [-0.2, -0.15) is 0 Å². The predicted octanol–water partition coefficient (Wildman–Crippen LogP) is 5.73. The second kappa shape index (κ2) is 7.43. The maximum absolute atomic E-state index is 6.10. The van der Waals surface area contributed by atoms with Crippen molar-refractivity contribution in [3.63, 3.8) is 0 Å². The topological polar surface area (TPSA) is 21.6 Å². The van der Waals surface area contributed by atoms with Gasteiger partial charge in [0.1, 0.15) is 12.4 Å². The first-order chi connectivity index (χ1) is 10.1. The van der Waals surface area contributed by atoms with E-state index in [1.54, 1.807) is 12.3 Å². The monoisotopic (exact) mass is 363 g/mol. The van der Waals surface area contributed by atoms with Crippen LogP contribution in [0.1, 0.15) is 11.1 Å². The molecule has 0 aliphatic rings. The molecule has 0 saturated carbocycles. The summed E-state index contributed by atoms with van der Waals surface area (Å²) in [5.74, 6) is 0.764. The first-order valence-electron chi connectivity index (χ1n) is 6.43. The third-order valence-electron chi connectivity index (χ3n) is 2.84. The molecule has 2 aromatic rings. The fourth-order valence-electron chi connectivity index (χ4n) is 1.71. The van der Waals surface area contributed by atoms with Gasteiger partial charge in [0.15, 0.2) is 0 Å². The molecule has 0 aliphatic heterocycles. The van der Waals surface area contributed by atoms with Crippen molar-refractivity contribution in [3.8, 4) is 5.75 Å². The minimum atomic E-state index is 0.457. The van der Waals surface area contributed by atoms with Gasteiger partial charge < -0.3 is 4.74 Å². The Labute approximate surface area is 138 Å². The minimum Gasteiger partial charge on any atom is -0.489 e. The molecule has 0 N–H and O–H groups in total. The van der Waals surface area contributed by atoms with E-state index in [1.165, 1.54) is 0 Å². The number of aryl methyl sites for hydroxylation is 1. The summed E-state index contributed by atoms with van der Waals surface area (Å²) >= 11 is 9.56. The van der Waals surface area contributed by atoms with Gasteiger partial charge in [0.25, 0.3) is 0 Å². The Bertz CT molecular complexity index is 682. The summed E-state index contributed by atoms with van der Waals surface area (Å²) in [7, 11) is 0. The Kier molecular flexibility index (Phi) is 5.59. The Morgan fingerprint density at radius 3 is 2.81 bits per heavy atom. The molecule has 2 nitrogen and oxygen atoms in total. The van der Waals surface area contributed by atoms with E-state index in [4.69, 9.17) is 16.3 Å². The normalized spacial score (nSPS) is 10.8. The molecule has 0 aromatic heterocycles. The number of hydrogen-bond acceptors (Lipinski definition) is 2. The van der Waals surface area contributed by atoms with Crippen LogP contribution >= 0.6 is 27.5 Å². The van der Waals surface area contributed by atoms with Crippen LogP contribution in [-0.2, 0) is 0 Å². The second-order valence-corrected chi connectivity index (χ2v) is 5.80. The molecule has 2 rings (SSSR count). The van der Waals surface area contributed by atoms with Gasteiger partial charge in [0.05, 0.1) is 5.69 Å². The molecule has 0 radical (unpaired) electrons. The van der Waals surface area contributed by atoms with Gasteiger partial charge in [-0.15, -0.1) is 0 Å². The first kappa shape index (κ1) is 15.8. The summed E-state index contributed by atoms with van der Waals surface area (Å²) in [6.45, 7) is 6.07. The van der Waals surface area contributed by atoms with E-state index in [9.17, 15) is 0 Å². The Morgan fingerprint density at radius 2 is 2.10 bits per heavy atom. The molecule has 2 aromatic carbocycles. The highest BCUT2D eigenvalue weighted by Crippen LogP contribution is 2.25. The van der Waals surface area contributed by atoms with Crippen LogP contribution in [0, 0.1) is 6.92 Å². The summed E-state index contributed by atoms with van der Waals surface area (Å²) < 4.78 is 6.59. The zero-order valence-electron chi connectivity index (χ0n) is 11.6. The van der Waals surface area contributed by atoms with Gasteiger partial charge in [-0.25, -0.2) is 0 Å². The van der Waals surface area contributed by atoms with E-state index >= 15 is 0 Å². The van der Waals surface area contributed by atoms with Crippen LogP contribution in [0.15, 0.2) is 58.5 Å². The number of rotatable bonds is 5. The third-order valence-corrected chi connectivity index (χ3v) is 3.74. The summed E-state index contributed by atoms with van der Waals surface area (Å²) in [5, 5.41) is 0.710. The quantitative estimate of drug-likeness (QED) is 0.490. The molecule has 0 spiro atoms. The number of nitrogens with zero attached hydrogens (tertiary/aromatic N) is 1. The van der Waals surface area contributed by atoms with Gasteiger partial charge in [-0.3, -0.25) is 4.99 Å². The van der Waals surface area contributed by atoms with Gasteiger partial charge in [0.2, 0.25) is 0 Å². The summed E-state index contributed by atoms with van der Waals surface area (Å²) in [4.78, 5) is 4.45. The van der Waals surface area contributed by atoms with E-state index in [0.29, 0.717) is 11.6 Å². The predicted molar refractivity (Wildman–Crippen MR) is 93.3 cm³/mol. The van der Waals surface area contributed by atoms with E-state index < -0.39 is 0 Å². The van der Waals surface area contributed by atoms with Crippen LogP contribution in [0.2, 0.25) is 5.02 Å². The zero-order chi connectivity index (χ0) is 15.2. The molecule has 0 fully saturated rings. The standard InChI is InChI=1S/C17H15BrClNO/c1-3-8-21-17-7-5-14(18)9-13(17)11-20-15-6-4-12(2)16(19)10-15/h3-7,9-11H,1,8H2,2H3. The number of halogens is 2. The van der Waals surface area contributed by atoms with Crippen molar-refractivity contribution in [2.75, 3.05) is 6.61 Å². The minimum absolute atomic E-state index is 0.457. The van der Waals surface area contributed by atoms with Gasteiger partial charge in [-0.1, -0.05) is 46.3 Å². The number of benzene rings is 2. The number of hydrogen-bond donors (Lipinski definition) is 0. The van der Waals surface area contributed by atoms with Gasteiger partial charge in [-0.05, 0) is 42.8 Å². The molecule has 4 heteroatoms. The maximum Gasteiger partial charge on any atom is 0.128 e. The lowest BCUT2D eigenvalue weighted by atomic mass is 10.2. The summed E-state index contributed by atoms with van der Waals surface area (Å²) in [6, 6.07) is 11.5. The maximum atomic E-state index is 6.10. The molecule has 21 heavy (non-hydrogen) atoms. The largest absolute Gasteiger partial charge is 0.489 e. The fourth-order valence-corrected chi connectivity index (χ4v) is 2.26. The average Bonchev–Trinajstić information content (AvgIpc) is 2.47. The highest BCUT2D eigenvalue weighted by Gasteiger charge is 2.02. The molecule has 0 aliphatic carbocycles. The molecule has 0 atom stereocenters. The highest BCUT2D eigenvalue weighted by molar-refractivity contribution is 9.10. The number of ether oxygens (including phenoxy) is 1. The summed E-state index contributed by atoms with van der Waals surface area (Å²) in [6.07, 6.45) is 3.48. The first-order valence-corrected chi connectivity index (χ1v) is 7.60. The lowest BCUT2D eigenvalue weighted by molar-refractivity contribution is 0.362. The molecule has 0 bridgehead atoms. The van der Waals surface area contributed by atoms with E-state index in [2.05, 4.69) is 27.5 Å². The molecular weight excluding hydrogens is 350 g/mol. The van der Waals surface area contributed by atoms with E-state index in [1.807, 2.05) is 43.3 Å². The van der Waals surface area contributed by atoms with Crippen molar-refractivity contribution >= 4 is 39.4 Å². The molecule has 0 amide bonds. The van der Waals surface area contributed by atoms with Crippen molar-refractivity contribution in [1.82, 2.24) is 0 Å². The average molecular weight is 365 g/mol. The smallest absolute Gasteiger partial charge is 0.128 e. The van der Waals surface area contributed by atoms with Gasteiger partial charge >= 0.3 is 0 Å².